The Kier molecular flexibility index (Phi) is 4.20. The predicted molar refractivity (Wildman–Crippen MR) is 82.2 cm³/mol. The maximum atomic E-state index is 10.6. The van der Waals surface area contributed by atoms with Gasteiger partial charge >= 0.3 is 0 Å². The lowest BCUT2D eigenvalue weighted by atomic mass is 10.2. The predicted octanol–water partition coefficient (Wildman–Crippen LogP) is 3.88. The van der Waals surface area contributed by atoms with Gasteiger partial charge in [-0.05, 0) is 30.3 Å². The number of nitro groups is 1. The van der Waals surface area contributed by atoms with Crippen LogP contribution in [0.4, 0.5) is 5.69 Å². The summed E-state index contributed by atoms with van der Waals surface area (Å²) >= 11 is 5.92. The van der Waals surface area contributed by atoms with Crippen molar-refractivity contribution in [2.45, 2.75) is 6.61 Å². The summed E-state index contributed by atoms with van der Waals surface area (Å²) in [5.41, 5.74) is 0.713. The molecule has 0 unspecified atom stereocenters. The number of hydrogen-bond donors (Lipinski definition) is 0. The average Bonchev–Trinajstić information content (AvgIpc) is 3.02. The van der Waals surface area contributed by atoms with Gasteiger partial charge in [0.25, 0.3) is 11.6 Å². The van der Waals surface area contributed by atoms with E-state index in [2.05, 4.69) is 10.2 Å². The van der Waals surface area contributed by atoms with Gasteiger partial charge in [-0.2, -0.15) is 0 Å². The first-order valence-corrected chi connectivity index (χ1v) is 6.95. The fourth-order valence-corrected chi connectivity index (χ4v) is 2.05. The summed E-state index contributed by atoms with van der Waals surface area (Å²) in [6.45, 7) is 0.0609. The summed E-state index contributed by atoms with van der Waals surface area (Å²) in [5.74, 6) is 1.10. The Morgan fingerprint density at radius 2 is 1.96 bits per heavy atom. The van der Waals surface area contributed by atoms with Crippen LogP contribution in [-0.2, 0) is 6.61 Å². The molecular weight excluding hydrogens is 322 g/mol. The second-order valence-electron chi connectivity index (χ2n) is 4.55. The van der Waals surface area contributed by atoms with E-state index < -0.39 is 4.92 Å². The number of benzene rings is 2. The number of nitro benzene ring substituents is 1. The van der Waals surface area contributed by atoms with Crippen molar-refractivity contribution in [3.8, 4) is 17.2 Å². The van der Waals surface area contributed by atoms with Gasteiger partial charge in [-0.3, -0.25) is 10.1 Å². The standard InChI is InChI=1S/C15H10ClN3O4/c16-11-3-1-2-10(8-11)15-18-17-14(23-15)9-22-13-6-4-12(5-7-13)19(20)21/h1-8H,9H2. The Bertz CT molecular complexity index is 833. The molecule has 116 valence electrons. The number of hydrogen-bond acceptors (Lipinski definition) is 6. The molecule has 0 aliphatic rings. The van der Waals surface area contributed by atoms with Crippen molar-refractivity contribution in [2.24, 2.45) is 0 Å². The number of rotatable bonds is 5. The normalized spacial score (nSPS) is 10.5. The van der Waals surface area contributed by atoms with E-state index in [9.17, 15) is 10.1 Å². The minimum atomic E-state index is -0.473. The van der Waals surface area contributed by atoms with Crippen molar-refractivity contribution in [3.63, 3.8) is 0 Å². The molecule has 23 heavy (non-hydrogen) atoms. The summed E-state index contributed by atoms with van der Waals surface area (Å²) in [6.07, 6.45) is 0. The lowest BCUT2D eigenvalue weighted by Gasteiger charge is -2.02. The fourth-order valence-electron chi connectivity index (χ4n) is 1.86. The van der Waals surface area contributed by atoms with Crippen LogP contribution in [-0.4, -0.2) is 15.1 Å². The van der Waals surface area contributed by atoms with Crippen molar-refractivity contribution < 1.29 is 14.1 Å². The topological polar surface area (TPSA) is 91.3 Å². The van der Waals surface area contributed by atoms with Gasteiger partial charge in [-0.15, -0.1) is 10.2 Å². The zero-order valence-electron chi connectivity index (χ0n) is 11.7. The second kappa shape index (κ2) is 6.45. The molecule has 0 bridgehead atoms. The molecule has 1 heterocycles. The molecule has 0 fully saturated rings. The van der Waals surface area contributed by atoms with Crippen LogP contribution < -0.4 is 4.74 Å². The van der Waals surface area contributed by atoms with E-state index in [0.717, 1.165) is 0 Å². The van der Waals surface area contributed by atoms with Crippen LogP contribution in [0.15, 0.2) is 52.9 Å². The van der Waals surface area contributed by atoms with Crippen LogP contribution in [0.1, 0.15) is 5.89 Å². The highest BCUT2D eigenvalue weighted by Gasteiger charge is 2.10. The first-order valence-electron chi connectivity index (χ1n) is 6.57. The highest BCUT2D eigenvalue weighted by Crippen LogP contribution is 2.22. The summed E-state index contributed by atoms with van der Waals surface area (Å²) < 4.78 is 10.9. The van der Waals surface area contributed by atoms with Gasteiger partial charge in [-0.25, -0.2) is 0 Å². The molecule has 3 rings (SSSR count). The summed E-state index contributed by atoms with van der Waals surface area (Å²) in [5, 5.41) is 19.0. The third kappa shape index (κ3) is 3.64. The molecule has 0 aliphatic heterocycles. The molecule has 0 saturated heterocycles. The number of non-ortho nitro benzene ring substituents is 1. The summed E-state index contributed by atoms with van der Waals surface area (Å²) in [6, 6.07) is 12.8. The Morgan fingerprint density at radius 3 is 2.65 bits per heavy atom. The zero-order chi connectivity index (χ0) is 16.2. The summed E-state index contributed by atoms with van der Waals surface area (Å²) in [4.78, 5) is 10.1. The monoisotopic (exact) mass is 331 g/mol. The van der Waals surface area contributed by atoms with Gasteiger partial charge in [0, 0.05) is 22.7 Å². The molecule has 8 heteroatoms. The van der Waals surface area contributed by atoms with Crippen molar-refractivity contribution in [1.29, 1.82) is 0 Å². The van der Waals surface area contributed by atoms with Crippen LogP contribution in [0.2, 0.25) is 5.02 Å². The van der Waals surface area contributed by atoms with E-state index in [1.165, 1.54) is 24.3 Å². The smallest absolute Gasteiger partial charge is 0.269 e. The van der Waals surface area contributed by atoms with Crippen molar-refractivity contribution in [2.75, 3.05) is 0 Å². The Balaban J connectivity index is 1.66. The fraction of sp³-hybridized carbons (Fsp3) is 0.0667. The molecule has 0 radical (unpaired) electrons. The third-order valence-electron chi connectivity index (χ3n) is 2.95. The van der Waals surface area contributed by atoms with Crippen LogP contribution in [0.5, 0.6) is 5.75 Å². The molecular formula is C15H10ClN3O4. The van der Waals surface area contributed by atoms with Gasteiger partial charge in [0.1, 0.15) is 5.75 Å². The van der Waals surface area contributed by atoms with Gasteiger partial charge in [0.2, 0.25) is 5.89 Å². The quantitative estimate of drug-likeness (QED) is 0.520. The van der Waals surface area contributed by atoms with Crippen LogP contribution >= 0.6 is 11.6 Å². The average molecular weight is 332 g/mol. The summed E-state index contributed by atoms with van der Waals surface area (Å²) in [7, 11) is 0. The molecule has 1 aromatic heterocycles. The molecule has 0 atom stereocenters. The molecule has 0 aliphatic carbocycles. The molecule has 0 spiro atoms. The van der Waals surface area contributed by atoms with Crippen molar-refractivity contribution >= 4 is 17.3 Å². The van der Waals surface area contributed by atoms with Crippen LogP contribution in [0.25, 0.3) is 11.5 Å². The second-order valence-corrected chi connectivity index (χ2v) is 4.99. The minimum Gasteiger partial charge on any atom is -0.484 e. The maximum absolute atomic E-state index is 10.6. The van der Waals surface area contributed by atoms with Crippen LogP contribution in [0.3, 0.4) is 0 Å². The van der Waals surface area contributed by atoms with Gasteiger partial charge in [0.15, 0.2) is 6.61 Å². The van der Waals surface area contributed by atoms with Gasteiger partial charge in [0.05, 0.1) is 4.92 Å². The molecule has 3 aromatic rings. The highest BCUT2D eigenvalue weighted by molar-refractivity contribution is 6.30. The number of aromatic nitrogens is 2. The van der Waals surface area contributed by atoms with Crippen LogP contribution in [0, 0.1) is 10.1 Å². The van der Waals surface area contributed by atoms with E-state index in [-0.39, 0.29) is 12.3 Å². The van der Waals surface area contributed by atoms with E-state index >= 15 is 0 Å². The van der Waals surface area contributed by atoms with Crippen molar-refractivity contribution in [3.05, 3.63) is 69.6 Å². The maximum Gasteiger partial charge on any atom is 0.269 e. The molecule has 2 aromatic carbocycles. The lowest BCUT2D eigenvalue weighted by molar-refractivity contribution is -0.384. The Hall–Kier alpha value is -2.93. The largest absolute Gasteiger partial charge is 0.484 e. The number of nitrogens with zero attached hydrogens (tertiary/aromatic N) is 3. The third-order valence-corrected chi connectivity index (χ3v) is 3.18. The van der Waals surface area contributed by atoms with Gasteiger partial charge in [-0.1, -0.05) is 17.7 Å². The van der Waals surface area contributed by atoms with E-state index in [1.807, 2.05) is 0 Å². The Morgan fingerprint density at radius 1 is 1.17 bits per heavy atom. The molecule has 0 N–H and O–H groups in total. The number of ether oxygens (including phenoxy) is 1. The van der Waals surface area contributed by atoms with E-state index in [0.29, 0.717) is 28.1 Å². The molecule has 0 amide bonds. The molecule has 7 nitrogen and oxygen atoms in total. The Labute approximate surface area is 135 Å². The van der Waals surface area contributed by atoms with Gasteiger partial charge < -0.3 is 9.15 Å². The first-order chi connectivity index (χ1) is 11.1. The highest BCUT2D eigenvalue weighted by atomic mass is 35.5. The van der Waals surface area contributed by atoms with Crippen molar-refractivity contribution in [1.82, 2.24) is 10.2 Å². The minimum absolute atomic E-state index is 0.00150. The number of halogens is 1. The van der Waals surface area contributed by atoms with E-state index in [1.54, 1.807) is 24.3 Å². The van der Waals surface area contributed by atoms with E-state index in [4.69, 9.17) is 20.8 Å². The lowest BCUT2D eigenvalue weighted by Crippen LogP contribution is -1.96. The zero-order valence-corrected chi connectivity index (χ0v) is 12.4. The first kappa shape index (κ1) is 15.0. The molecule has 0 saturated carbocycles. The SMILES string of the molecule is O=[N+]([O-])c1ccc(OCc2nnc(-c3cccc(Cl)c3)o2)cc1.